The summed E-state index contributed by atoms with van der Waals surface area (Å²) in [5.41, 5.74) is 1.44. The minimum Gasteiger partial charge on any atom is -0.314 e. The van der Waals surface area contributed by atoms with Gasteiger partial charge in [-0.05, 0) is 48.2 Å². The third-order valence-corrected chi connectivity index (χ3v) is 6.10. The van der Waals surface area contributed by atoms with Crippen molar-refractivity contribution in [2.45, 2.75) is 13.5 Å². The molecule has 6 nitrogen and oxygen atoms in total. The maximum absolute atomic E-state index is 13.3. The van der Waals surface area contributed by atoms with E-state index in [-0.39, 0.29) is 18.0 Å². The number of thiophene rings is 1. The molecule has 0 radical (unpaired) electrons. The van der Waals surface area contributed by atoms with Gasteiger partial charge in [0.2, 0.25) is 5.91 Å². The molecule has 0 fully saturated rings. The van der Waals surface area contributed by atoms with Crippen LogP contribution in [0.5, 0.6) is 0 Å². The van der Waals surface area contributed by atoms with Gasteiger partial charge in [-0.3, -0.25) is 14.2 Å². The number of rotatable bonds is 4. The molecule has 0 aliphatic carbocycles. The van der Waals surface area contributed by atoms with E-state index in [4.69, 9.17) is 11.6 Å². The molecule has 4 rings (SSSR count). The van der Waals surface area contributed by atoms with Crippen molar-refractivity contribution in [2.75, 3.05) is 11.9 Å². The summed E-state index contributed by atoms with van der Waals surface area (Å²) in [5, 5.41) is 2.26. The highest BCUT2D eigenvalue weighted by Gasteiger charge is 2.20. The molecule has 8 heteroatoms. The summed E-state index contributed by atoms with van der Waals surface area (Å²) in [6.07, 6.45) is 0. The zero-order valence-electron chi connectivity index (χ0n) is 16.3. The number of nitrogens with zero attached hydrogens (tertiary/aromatic N) is 3. The van der Waals surface area contributed by atoms with Gasteiger partial charge < -0.3 is 4.90 Å². The second-order valence-corrected chi connectivity index (χ2v) is 8.22. The van der Waals surface area contributed by atoms with Crippen molar-refractivity contribution >= 4 is 44.7 Å². The average molecular weight is 440 g/mol. The molecule has 0 atom stereocenters. The minimum atomic E-state index is -0.548. The molecule has 0 aliphatic rings. The lowest BCUT2D eigenvalue weighted by Gasteiger charge is -2.19. The van der Waals surface area contributed by atoms with Crippen LogP contribution in [-0.2, 0) is 11.3 Å². The predicted octanol–water partition coefficient (Wildman–Crippen LogP) is 3.84. The van der Waals surface area contributed by atoms with Gasteiger partial charge in [0.05, 0.1) is 11.2 Å². The second-order valence-electron chi connectivity index (χ2n) is 6.86. The molecule has 30 heavy (non-hydrogen) atoms. The zero-order valence-corrected chi connectivity index (χ0v) is 17.9. The van der Waals surface area contributed by atoms with Gasteiger partial charge >= 0.3 is 5.69 Å². The molecular formula is C22H18ClN3O3S. The van der Waals surface area contributed by atoms with E-state index in [1.54, 1.807) is 54.9 Å². The van der Waals surface area contributed by atoms with Crippen LogP contribution in [0.15, 0.2) is 69.6 Å². The normalized spacial score (nSPS) is 11.0. The molecule has 2 aromatic carbocycles. The molecule has 0 bridgehead atoms. The number of amides is 1. The predicted molar refractivity (Wildman–Crippen MR) is 121 cm³/mol. The van der Waals surface area contributed by atoms with Crippen LogP contribution in [0.25, 0.3) is 15.9 Å². The van der Waals surface area contributed by atoms with E-state index in [9.17, 15) is 14.4 Å². The van der Waals surface area contributed by atoms with Crippen LogP contribution in [0.1, 0.15) is 5.56 Å². The molecule has 1 amide bonds. The number of halogens is 1. The number of likely N-dealkylation sites (N-methyl/N-ethyl adjacent to an activating group) is 1. The number of anilines is 1. The van der Waals surface area contributed by atoms with E-state index in [0.717, 1.165) is 10.1 Å². The first-order valence-electron chi connectivity index (χ1n) is 9.19. The van der Waals surface area contributed by atoms with Gasteiger partial charge in [-0.15, -0.1) is 11.3 Å². The highest BCUT2D eigenvalue weighted by molar-refractivity contribution is 7.17. The number of fused-ring (bicyclic) bond motifs is 1. The lowest BCUT2D eigenvalue weighted by molar-refractivity contribution is -0.118. The lowest BCUT2D eigenvalue weighted by Crippen LogP contribution is -2.42. The Labute approximate surface area is 181 Å². The van der Waals surface area contributed by atoms with Gasteiger partial charge in [0.1, 0.15) is 11.2 Å². The molecule has 2 heterocycles. The Kier molecular flexibility index (Phi) is 5.32. The molecule has 0 saturated heterocycles. The van der Waals surface area contributed by atoms with Crippen molar-refractivity contribution in [3.63, 3.8) is 0 Å². The molecular weight excluding hydrogens is 422 g/mol. The topological polar surface area (TPSA) is 64.3 Å². The van der Waals surface area contributed by atoms with Crippen molar-refractivity contribution in [2.24, 2.45) is 0 Å². The molecule has 152 valence electrons. The number of hydrogen-bond acceptors (Lipinski definition) is 4. The van der Waals surface area contributed by atoms with Crippen LogP contribution in [0, 0.1) is 6.92 Å². The summed E-state index contributed by atoms with van der Waals surface area (Å²) in [5.74, 6) is -0.304. The van der Waals surface area contributed by atoms with Crippen LogP contribution < -0.4 is 16.1 Å². The van der Waals surface area contributed by atoms with Gasteiger partial charge in [-0.25, -0.2) is 9.36 Å². The fourth-order valence-electron chi connectivity index (χ4n) is 3.34. The van der Waals surface area contributed by atoms with Crippen LogP contribution in [0.3, 0.4) is 0 Å². The fraction of sp³-hybridized carbons (Fsp3) is 0.136. The van der Waals surface area contributed by atoms with Crippen molar-refractivity contribution in [3.8, 4) is 5.69 Å². The quantitative estimate of drug-likeness (QED) is 0.485. The van der Waals surface area contributed by atoms with Crippen LogP contribution >= 0.6 is 22.9 Å². The Balaban J connectivity index is 1.84. The highest BCUT2D eigenvalue weighted by atomic mass is 35.5. The number of para-hydroxylation sites is 1. The van der Waals surface area contributed by atoms with Crippen molar-refractivity contribution in [1.82, 2.24) is 9.13 Å². The van der Waals surface area contributed by atoms with Crippen LogP contribution in [0.2, 0.25) is 5.02 Å². The van der Waals surface area contributed by atoms with Crippen molar-refractivity contribution in [3.05, 3.63) is 91.4 Å². The van der Waals surface area contributed by atoms with Gasteiger partial charge in [-0.2, -0.15) is 0 Å². The molecule has 0 aliphatic heterocycles. The van der Waals surface area contributed by atoms with Crippen molar-refractivity contribution < 1.29 is 4.79 Å². The second kappa shape index (κ2) is 7.93. The first-order chi connectivity index (χ1) is 14.4. The summed E-state index contributed by atoms with van der Waals surface area (Å²) in [4.78, 5) is 40.8. The molecule has 0 saturated carbocycles. The smallest absolute Gasteiger partial charge is 0.314 e. The number of aromatic nitrogens is 2. The largest absolute Gasteiger partial charge is 0.336 e. The fourth-order valence-corrected chi connectivity index (χ4v) is 4.35. The minimum absolute atomic E-state index is 0.207. The van der Waals surface area contributed by atoms with Crippen molar-refractivity contribution in [1.29, 1.82) is 0 Å². The number of benzene rings is 2. The monoisotopic (exact) mass is 439 g/mol. The maximum atomic E-state index is 13.3. The van der Waals surface area contributed by atoms with Gasteiger partial charge in [0.15, 0.2) is 0 Å². The number of carbonyl (C=O) groups is 1. The maximum Gasteiger partial charge on any atom is 0.336 e. The lowest BCUT2D eigenvalue weighted by atomic mass is 10.2. The van der Waals surface area contributed by atoms with E-state index in [2.05, 4.69) is 0 Å². The summed E-state index contributed by atoms with van der Waals surface area (Å²) in [7, 11) is 1.63. The Morgan fingerprint density at radius 1 is 1.10 bits per heavy atom. The number of carbonyl (C=O) groups excluding carboxylic acids is 1. The molecule has 0 N–H and O–H groups in total. The van der Waals surface area contributed by atoms with E-state index >= 15 is 0 Å². The van der Waals surface area contributed by atoms with Crippen LogP contribution in [0.4, 0.5) is 5.69 Å². The first kappa shape index (κ1) is 20.1. The third kappa shape index (κ3) is 3.46. The SMILES string of the molecule is Cc1ccccc1-n1c(=O)c2sccc2n(CC(=O)N(C)c2cccc(Cl)c2)c1=O. The zero-order chi connectivity index (χ0) is 21.4. The van der Waals surface area contributed by atoms with Crippen LogP contribution in [-0.4, -0.2) is 22.1 Å². The number of aryl methyl sites for hydroxylation is 1. The molecule has 0 unspecified atom stereocenters. The van der Waals surface area contributed by atoms with Gasteiger partial charge in [0, 0.05) is 17.8 Å². The van der Waals surface area contributed by atoms with Gasteiger partial charge in [-0.1, -0.05) is 35.9 Å². The van der Waals surface area contributed by atoms with E-state index in [1.807, 2.05) is 19.1 Å². The van der Waals surface area contributed by atoms with E-state index in [0.29, 0.717) is 26.6 Å². The summed E-state index contributed by atoms with van der Waals surface area (Å²) in [6.45, 7) is 1.63. The Hall–Kier alpha value is -3.16. The molecule has 2 aromatic heterocycles. The highest BCUT2D eigenvalue weighted by Crippen LogP contribution is 2.20. The Morgan fingerprint density at radius 2 is 1.87 bits per heavy atom. The first-order valence-corrected chi connectivity index (χ1v) is 10.5. The van der Waals surface area contributed by atoms with E-state index in [1.165, 1.54) is 20.8 Å². The number of hydrogen-bond donors (Lipinski definition) is 0. The Bertz CT molecular complexity index is 1390. The molecule has 4 aromatic rings. The summed E-state index contributed by atoms with van der Waals surface area (Å²) >= 11 is 7.28. The third-order valence-electron chi connectivity index (χ3n) is 4.97. The van der Waals surface area contributed by atoms with Gasteiger partial charge in [0.25, 0.3) is 5.56 Å². The summed E-state index contributed by atoms with van der Waals surface area (Å²) < 4.78 is 2.92. The molecule has 0 spiro atoms. The van der Waals surface area contributed by atoms with E-state index < -0.39 is 5.69 Å². The average Bonchev–Trinajstić information content (AvgIpc) is 3.22. The standard InChI is InChI=1S/C22H18ClN3O3S/c1-14-6-3-4-9-17(14)26-21(28)20-18(10-11-30-20)25(22(26)29)13-19(27)24(2)16-8-5-7-15(23)12-16/h3-12H,13H2,1-2H3. The summed E-state index contributed by atoms with van der Waals surface area (Å²) in [6, 6.07) is 15.8. The Morgan fingerprint density at radius 3 is 2.60 bits per heavy atom.